The molecule has 1 atom stereocenters. The molecule has 0 radical (unpaired) electrons. The molecule has 7 nitrogen and oxygen atoms in total. The van der Waals surface area contributed by atoms with Crippen molar-refractivity contribution in [3.63, 3.8) is 0 Å². The monoisotopic (exact) mass is 211 g/mol. The number of nitrogens with one attached hydrogen (secondary N) is 3. The predicted molar refractivity (Wildman–Crippen MR) is 51.6 cm³/mol. The highest BCUT2D eigenvalue weighted by molar-refractivity contribution is 5.86. The zero-order chi connectivity index (χ0) is 10.7. The molecule has 7 heteroatoms. The van der Waals surface area contributed by atoms with Crippen LogP contribution in [0.3, 0.4) is 0 Å². The molecular weight excluding hydrogens is 198 g/mol. The summed E-state index contributed by atoms with van der Waals surface area (Å²) in [4.78, 5) is 10.8. The van der Waals surface area contributed by atoms with E-state index in [1.165, 1.54) is 0 Å². The van der Waals surface area contributed by atoms with Crippen molar-refractivity contribution < 1.29 is 9.90 Å². The van der Waals surface area contributed by atoms with Gasteiger partial charge in [-0.3, -0.25) is 0 Å². The van der Waals surface area contributed by atoms with Gasteiger partial charge in [0, 0.05) is 6.54 Å². The molecule has 1 aromatic rings. The van der Waals surface area contributed by atoms with Crippen LogP contribution in [0, 0.1) is 0 Å². The van der Waals surface area contributed by atoms with E-state index in [1.54, 1.807) is 0 Å². The fraction of sp³-hybridized carbons (Fsp3) is 0.625. The second kappa shape index (κ2) is 4.37. The van der Waals surface area contributed by atoms with Gasteiger partial charge in [-0.25, -0.2) is 4.79 Å². The van der Waals surface area contributed by atoms with E-state index in [-0.39, 0.29) is 11.7 Å². The van der Waals surface area contributed by atoms with Gasteiger partial charge in [-0.05, 0) is 19.5 Å². The molecule has 15 heavy (non-hydrogen) atoms. The molecule has 1 fully saturated rings. The summed E-state index contributed by atoms with van der Waals surface area (Å²) in [6, 6.07) is -0.0858. The van der Waals surface area contributed by atoms with E-state index in [0.717, 1.165) is 19.5 Å². The summed E-state index contributed by atoms with van der Waals surface area (Å²) in [5.41, 5.74) is 0.466. The van der Waals surface area contributed by atoms with Gasteiger partial charge >= 0.3 is 5.97 Å². The molecule has 82 valence electrons. The zero-order valence-electron chi connectivity index (χ0n) is 8.16. The molecule has 1 aliphatic rings. The minimum atomic E-state index is -1.05. The summed E-state index contributed by atoms with van der Waals surface area (Å²) in [7, 11) is 0. The number of carboxylic acid groups (broad SMARTS) is 1. The highest BCUT2D eigenvalue weighted by Crippen LogP contribution is 2.13. The second-order valence-electron chi connectivity index (χ2n) is 3.43. The number of H-pyrrole nitrogens is 1. The molecule has 1 unspecified atom stereocenters. The Morgan fingerprint density at radius 2 is 2.27 bits per heavy atom. The van der Waals surface area contributed by atoms with E-state index < -0.39 is 5.97 Å². The summed E-state index contributed by atoms with van der Waals surface area (Å²) >= 11 is 0. The Bertz CT molecular complexity index is 343. The second-order valence-corrected chi connectivity index (χ2v) is 3.43. The normalized spacial score (nSPS) is 22.3. The first-order valence-corrected chi connectivity index (χ1v) is 4.87. The van der Waals surface area contributed by atoms with E-state index in [9.17, 15) is 4.79 Å². The van der Waals surface area contributed by atoms with E-state index in [2.05, 4.69) is 26.0 Å². The van der Waals surface area contributed by atoms with Crippen LogP contribution in [-0.2, 0) is 0 Å². The molecule has 4 N–H and O–H groups in total. The number of aromatic nitrogens is 3. The van der Waals surface area contributed by atoms with Crippen molar-refractivity contribution in [1.82, 2.24) is 26.0 Å². The number of aromatic amines is 1. The van der Waals surface area contributed by atoms with E-state index in [1.807, 2.05) is 0 Å². The average molecular weight is 211 g/mol. The van der Waals surface area contributed by atoms with Crippen LogP contribution < -0.4 is 10.6 Å². The molecule has 0 bridgehead atoms. The SMILES string of the molecule is O=C(O)c1n[nH]nc1C1CNCCCN1. The fourth-order valence-electron chi connectivity index (χ4n) is 1.64. The van der Waals surface area contributed by atoms with Crippen LogP contribution in [0.1, 0.15) is 28.6 Å². The minimum absolute atomic E-state index is 0.00352. The number of aromatic carboxylic acids is 1. The molecule has 2 rings (SSSR count). The zero-order valence-corrected chi connectivity index (χ0v) is 8.16. The minimum Gasteiger partial charge on any atom is -0.476 e. The standard InChI is InChI=1S/C8H13N5O2/c14-8(15)7-6(11-13-12-7)5-4-9-2-1-3-10-5/h5,9-10H,1-4H2,(H,14,15)(H,11,12,13). The van der Waals surface area contributed by atoms with E-state index in [4.69, 9.17) is 5.11 Å². The first kappa shape index (κ1) is 10.1. The Kier molecular flexibility index (Phi) is 2.93. The van der Waals surface area contributed by atoms with Crippen LogP contribution >= 0.6 is 0 Å². The molecule has 2 heterocycles. The lowest BCUT2D eigenvalue weighted by molar-refractivity contribution is 0.0688. The molecule has 1 saturated heterocycles. The van der Waals surface area contributed by atoms with Crippen molar-refractivity contribution in [3.05, 3.63) is 11.4 Å². The van der Waals surface area contributed by atoms with Crippen LogP contribution in [0.15, 0.2) is 0 Å². The quantitative estimate of drug-likeness (QED) is 0.507. The molecule has 0 amide bonds. The van der Waals surface area contributed by atoms with Crippen LogP contribution in [0.2, 0.25) is 0 Å². The van der Waals surface area contributed by atoms with Crippen molar-refractivity contribution in [2.45, 2.75) is 12.5 Å². The van der Waals surface area contributed by atoms with Gasteiger partial charge in [-0.15, -0.1) is 5.10 Å². The number of carboxylic acids is 1. The molecule has 0 aromatic carbocycles. The first-order valence-electron chi connectivity index (χ1n) is 4.87. The Labute approximate surface area is 86.3 Å². The van der Waals surface area contributed by atoms with Crippen LogP contribution in [-0.4, -0.2) is 46.1 Å². The van der Waals surface area contributed by atoms with E-state index in [0.29, 0.717) is 12.2 Å². The van der Waals surface area contributed by atoms with Crippen molar-refractivity contribution in [1.29, 1.82) is 0 Å². The summed E-state index contributed by atoms with van der Waals surface area (Å²) in [5.74, 6) is -1.05. The van der Waals surface area contributed by atoms with Gasteiger partial charge in [0.15, 0.2) is 5.69 Å². The number of hydrogen-bond acceptors (Lipinski definition) is 5. The molecule has 1 aromatic heterocycles. The molecular formula is C8H13N5O2. The van der Waals surface area contributed by atoms with Crippen LogP contribution in [0.5, 0.6) is 0 Å². The third-order valence-electron chi connectivity index (χ3n) is 2.38. The van der Waals surface area contributed by atoms with Gasteiger partial charge < -0.3 is 15.7 Å². The lowest BCUT2D eigenvalue weighted by Gasteiger charge is -2.12. The van der Waals surface area contributed by atoms with Crippen molar-refractivity contribution in [2.24, 2.45) is 0 Å². The first-order chi connectivity index (χ1) is 7.29. The highest BCUT2D eigenvalue weighted by atomic mass is 16.4. The smallest absolute Gasteiger partial charge is 0.358 e. The Morgan fingerprint density at radius 3 is 3.07 bits per heavy atom. The molecule has 0 saturated carbocycles. The van der Waals surface area contributed by atoms with Gasteiger partial charge in [0.2, 0.25) is 0 Å². The largest absolute Gasteiger partial charge is 0.476 e. The van der Waals surface area contributed by atoms with Gasteiger partial charge in [-0.2, -0.15) is 10.3 Å². The summed E-state index contributed by atoms with van der Waals surface area (Å²) < 4.78 is 0. The van der Waals surface area contributed by atoms with Gasteiger partial charge in [0.1, 0.15) is 5.69 Å². The van der Waals surface area contributed by atoms with Gasteiger partial charge in [-0.1, -0.05) is 0 Å². The van der Waals surface area contributed by atoms with Crippen LogP contribution in [0.4, 0.5) is 0 Å². The van der Waals surface area contributed by atoms with Crippen molar-refractivity contribution in [3.8, 4) is 0 Å². The van der Waals surface area contributed by atoms with Crippen LogP contribution in [0.25, 0.3) is 0 Å². The third-order valence-corrected chi connectivity index (χ3v) is 2.38. The maximum absolute atomic E-state index is 10.8. The average Bonchev–Trinajstić information content (AvgIpc) is 2.55. The van der Waals surface area contributed by atoms with Gasteiger partial charge in [0.25, 0.3) is 0 Å². The summed E-state index contributed by atoms with van der Waals surface area (Å²) in [6.45, 7) is 2.46. The Balaban J connectivity index is 2.19. The molecule has 1 aliphatic heterocycles. The number of nitrogens with zero attached hydrogens (tertiary/aromatic N) is 2. The molecule has 0 spiro atoms. The maximum Gasteiger partial charge on any atom is 0.358 e. The summed E-state index contributed by atoms with van der Waals surface area (Å²) in [6.07, 6.45) is 1.02. The highest BCUT2D eigenvalue weighted by Gasteiger charge is 2.23. The topological polar surface area (TPSA) is 103 Å². The Morgan fingerprint density at radius 1 is 1.40 bits per heavy atom. The number of hydrogen-bond donors (Lipinski definition) is 4. The van der Waals surface area contributed by atoms with E-state index >= 15 is 0 Å². The van der Waals surface area contributed by atoms with Gasteiger partial charge in [0.05, 0.1) is 6.04 Å². The summed E-state index contributed by atoms with van der Waals surface area (Å²) in [5, 5.41) is 25.2. The lowest BCUT2D eigenvalue weighted by Crippen LogP contribution is -2.29. The fourth-order valence-corrected chi connectivity index (χ4v) is 1.64. The van der Waals surface area contributed by atoms with Crippen molar-refractivity contribution in [2.75, 3.05) is 19.6 Å². The third kappa shape index (κ3) is 2.13. The number of carbonyl (C=O) groups is 1. The Hall–Kier alpha value is -1.47. The maximum atomic E-state index is 10.8. The molecule has 0 aliphatic carbocycles. The lowest BCUT2D eigenvalue weighted by atomic mass is 10.1. The predicted octanol–water partition coefficient (Wildman–Crippen LogP) is -0.873. The number of rotatable bonds is 2. The van der Waals surface area contributed by atoms with Crippen molar-refractivity contribution >= 4 is 5.97 Å².